The van der Waals surface area contributed by atoms with E-state index in [-0.39, 0.29) is 12.5 Å². The van der Waals surface area contributed by atoms with E-state index in [0.29, 0.717) is 12.4 Å². The van der Waals surface area contributed by atoms with Gasteiger partial charge in [-0.25, -0.2) is 4.79 Å². The van der Waals surface area contributed by atoms with E-state index in [9.17, 15) is 9.59 Å². The topological polar surface area (TPSA) is 71.8 Å². The Hall–Kier alpha value is -1.82. The molecule has 1 aliphatic rings. The molecule has 1 N–H and O–H groups in total. The number of carbonyl (C=O) groups excluding carboxylic acids is 2. The normalized spacial score (nSPS) is 24.2. The minimum absolute atomic E-state index is 0.234. The van der Waals surface area contributed by atoms with Gasteiger partial charge in [0, 0.05) is 7.11 Å². The Balaban J connectivity index is 2.23. The number of nitrogens with one attached hydrogen (secondary N) is 1. The number of amides is 3. The van der Waals surface area contributed by atoms with Gasteiger partial charge in [0.1, 0.15) is 5.76 Å². The van der Waals surface area contributed by atoms with E-state index in [4.69, 9.17) is 9.15 Å². The predicted octanol–water partition coefficient (Wildman–Crippen LogP) is 0.693. The van der Waals surface area contributed by atoms with Gasteiger partial charge in [0.25, 0.3) is 5.91 Å². The average molecular weight is 238 g/mol. The third-order valence-electron chi connectivity index (χ3n) is 2.81. The van der Waals surface area contributed by atoms with Crippen LogP contribution in [0.5, 0.6) is 0 Å². The number of rotatable bonds is 4. The van der Waals surface area contributed by atoms with Gasteiger partial charge in [-0.1, -0.05) is 0 Å². The highest BCUT2D eigenvalue weighted by atomic mass is 16.5. The van der Waals surface area contributed by atoms with Crippen LogP contribution in [0.3, 0.4) is 0 Å². The quantitative estimate of drug-likeness (QED) is 0.783. The van der Waals surface area contributed by atoms with Crippen molar-refractivity contribution in [1.29, 1.82) is 0 Å². The Bertz CT molecular complexity index is 429. The van der Waals surface area contributed by atoms with Gasteiger partial charge < -0.3 is 14.5 Å². The Kier molecular flexibility index (Phi) is 2.89. The van der Waals surface area contributed by atoms with Crippen LogP contribution in [-0.2, 0) is 15.1 Å². The predicted molar refractivity (Wildman–Crippen MR) is 58.2 cm³/mol. The standard InChI is InChI=1S/C11H14N2O4/c1-11(8-4-3-6-17-8)9(14)13(5-7-16-2)10(15)12-11/h3-4,6H,5,7H2,1-2H3,(H,12,15). The van der Waals surface area contributed by atoms with Crippen molar-refractivity contribution in [3.63, 3.8) is 0 Å². The van der Waals surface area contributed by atoms with Crippen LogP contribution in [0.15, 0.2) is 22.8 Å². The van der Waals surface area contributed by atoms with Crippen LogP contribution in [0.4, 0.5) is 4.79 Å². The molecule has 1 unspecified atom stereocenters. The molecule has 1 atom stereocenters. The molecule has 1 aromatic rings. The van der Waals surface area contributed by atoms with Crippen molar-refractivity contribution < 1.29 is 18.7 Å². The molecule has 1 saturated heterocycles. The number of furan rings is 1. The molecule has 92 valence electrons. The molecule has 0 spiro atoms. The fourth-order valence-corrected chi connectivity index (χ4v) is 1.81. The number of ether oxygens (including phenoxy) is 1. The number of hydrogen-bond donors (Lipinski definition) is 1. The highest BCUT2D eigenvalue weighted by molar-refractivity contribution is 6.06. The van der Waals surface area contributed by atoms with E-state index < -0.39 is 11.6 Å². The van der Waals surface area contributed by atoms with Gasteiger partial charge in [-0.3, -0.25) is 9.69 Å². The first-order chi connectivity index (χ1) is 8.09. The number of methoxy groups -OCH3 is 1. The molecule has 1 aliphatic heterocycles. The van der Waals surface area contributed by atoms with E-state index in [2.05, 4.69) is 5.32 Å². The minimum atomic E-state index is -1.12. The van der Waals surface area contributed by atoms with Crippen LogP contribution >= 0.6 is 0 Å². The van der Waals surface area contributed by atoms with Gasteiger partial charge in [0.05, 0.1) is 19.4 Å². The molecule has 0 aliphatic carbocycles. The molecule has 0 bridgehead atoms. The lowest BCUT2D eigenvalue weighted by molar-refractivity contribution is -0.132. The lowest BCUT2D eigenvalue weighted by Crippen LogP contribution is -2.40. The molecule has 1 aromatic heterocycles. The molecule has 3 amide bonds. The average Bonchev–Trinajstić information content (AvgIpc) is 2.88. The van der Waals surface area contributed by atoms with Crippen LogP contribution < -0.4 is 5.32 Å². The van der Waals surface area contributed by atoms with E-state index in [0.717, 1.165) is 4.90 Å². The molecular weight excluding hydrogens is 224 g/mol. The van der Waals surface area contributed by atoms with E-state index >= 15 is 0 Å². The number of carbonyl (C=O) groups is 2. The summed E-state index contributed by atoms with van der Waals surface area (Å²) in [7, 11) is 1.52. The summed E-state index contributed by atoms with van der Waals surface area (Å²) in [6.45, 7) is 2.17. The Labute approximate surface area is 98.5 Å². The van der Waals surface area contributed by atoms with Gasteiger partial charge in [0.15, 0.2) is 5.54 Å². The zero-order valence-corrected chi connectivity index (χ0v) is 9.73. The first kappa shape index (κ1) is 11.7. The molecule has 17 heavy (non-hydrogen) atoms. The minimum Gasteiger partial charge on any atom is -0.466 e. The molecule has 2 heterocycles. The SMILES string of the molecule is COCCN1C(=O)NC(C)(c2ccco2)C1=O. The number of urea groups is 1. The van der Waals surface area contributed by atoms with Gasteiger partial charge >= 0.3 is 6.03 Å². The summed E-state index contributed by atoms with van der Waals surface area (Å²) >= 11 is 0. The largest absolute Gasteiger partial charge is 0.466 e. The lowest BCUT2D eigenvalue weighted by atomic mass is 9.99. The third-order valence-corrected chi connectivity index (χ3v) is 2.81. The van der Waals surface area contributed by atoms with Crippen molar-refractivity contribution in [2.75, 3.05) is 20.3 Å². The zero-order chi connectivity index (χ0) is 12.5. The third kappa shape index (κ3) is 1.80. The Morgan fingerprint density at radius 2 is 2.29 bits per heavy atom. The molecular formula is C11H14N2O4. The molecule has 0 aromatic carbocycles. The highest BCUT2D eigenvalue weighted by Gasteiger charge is 2.50. The second kappa shape index (κ2) is 4.21. The van der Waals surface area contributed by atoms with Crippen LogP contribution in [0.1, 0.15) is 12.7 Å². The van der Waals surface area contributed by atoms with Crippen LogP contribution in [0.25, 0.3) is 0 Å². The van der Waals surface area contributed by atoms with Crippen LogP contribution in [-0.4, -0.2) is 37.1 Å². The summed E-state index contributed by atoms with van der Waals surface area (Å²) in [5.74, 6) is 0.102. The van der Waals surface area contributed by atoms with Gasteiger partial charge in [0.2, 0.25) is 0 Å². The summed E-state index contributed by atoms with van der Waals surface area (Å²) < 4.78 is 10.1. The maximum atomic E-state index is 12.2. The zero-order valence-electron chi connectivity index (χ0n) is 9.73. The van der Waals surface area contributed by atoms with Gasteiger partial charge in [-0.05, 0) is 19.1 Å². The van der Waals surface area contributed by atoms with Crippen molar-refractivity contribution in [3.05, 3.63) is 24.2 Å². The number of imide groups is 1. The second-order valence-electron chi connectivity index (χ2n) is 3.98. The van der Waals surface area contributed by atoms with E-state index in [1.165, 1.54) is 13.4 Å². The van der Waals surface area contributed by atoms with Crippen molar-refractivity contribution in [2.45, 2.75) is 12.5 Å². The van der Waals surface area contributed by atoms with Crippen LogP contribution in [0, 0.1) is 0 Å². The van der Waals surface area contributed by atoms with Crippen molar-refractivity contribution in [1.82, 2.24) is 10.2 Å². The molecule has 6 nitrogen and oxygen atoms in total. The van der Waals surface area contributed by atoms with Crippen molar-refractivity contribution >= 4 is 11.9 Å². The monoisotopic (exact) mass is 238 g/mol. The van der Waals surface area contributed by atoms with Crippen LogP contribution in [0.2, 0.25) is 0 Å². The molecule has 2 rings (SSSR count). The molecule has 0 saturated carbocycles. The molecule has 6 heteroatoms. The summed E-state index contributed by atoms with van der Waals surface area (Å²) in [5, 5.41) is 2.63. The summed E-state index contributed by atoms with van der Waals surface area (Å²) in [6, 6.07) is 2.92. The Morgan fingerprint density at radius 1 is 1.53 bits per heavy atom. The number of hydrogen-bond acceptors (Lipinski definition) is 4. The summed E-state index contributed by atoms with van der Waals surface area (Å²) in [4.78, 5) is 25.0. The summed E-state index contributed by atoms with van der Waals surface area (Å²) in [5.41, 5.74) is -1.12. The van der Waals surface area contributed by atoms with Gasteiger partial charge in [-0.15, -0.1) is 0 Å². The fraction of sp³-hybridized carbons (Fsp3) is 0.455. The van der Waals surface area contributed by atoms with Gasteiger partial charge in [-0.2, -0.15) is 0 Å². The highest BCUT2D eigenvalue weighted by Crippen LogP contribution is 2.28. The van der Waals surface area contributed by atoms with E-state index in [1.54, 1.807) is 19.1 Å². The summed E-state index contributed by atoms with van der Waals surface area (Å²) in [6.07, 6.45) is 1.47. The first-order valence-electron chi connectivity index (χ1n) is 5.26. The van der Waals surface area contributed by atoms with E-state index in [1.807, 2.05) is 0 Å². The molecule has 0 radical (unpaired) electrons. The number of nitrogens with zero attached hydrogens (tertiary/aromatic N) is 1. The fourth-order valence-electron chi connectivity index (χ4n) is 1.81. The second-order valence-corrected chi connectivity index (χ2v) is 3.98. The lowest BCUT2D eigenvalue weighted by Gasteiger charge is -2.18. The first-order valence-corrected chi connectivity index (χ1v) is 5.26. The van der Waals surface area contributed by atoms with Crippen molar-refractivity contribution in [2.24, 2.45) is 0 Å². The Morgan fingerprint density at radius 3 is 2.88 bits per heavy atom. The molecule has 1 fully saturated rings. The van der Waals surface area contributed by atoms with Crippen molar-refractivity contribution in [3.8, 4) is 0 Å². The smallest absolute Gasteiger partial charge is 0.325 e. The maximum Gasteiger partial charge on any atom is 0.325 e. The maximum absolute atomic E-state index is 12.2.